The second kappa shape index (κ2) is 6.65. The third-order valence-corrected chi connectivity index (χ3v) is 4.27. The van der Waals surface area contributed by atoms with Gasteiger partial charge in [0, 0.05) is 11.1 Å². The highest BCUT2D eigenvalue weighted by molar-refractivity contribution is 6.17. The normalized spacial score (nSPS) is 19.4. The van der Waals surface area contributed by atoms with E-state index >= 15 is 0 Å². The van der Waals surface area contributed by atoms with Gasteiger partial charge in [-0.15, -0.1) is 0 Å². The average Bonchev–Trinajstić information content (AvgIpc) is 2.69. The highest BCUT2D eigenvalue weighted by Gasteiger charge is 2.31. The zero-order valence-corrected chi connectivity index (χ0v) is 13.5. The van der Waals surface area contributed by atoms with Crippen LogP contribution in [0.15, 0.2) is 95.7 Å². The van der Waals surface area contributed by atoms with Gasteiger partial charge in [-0.2, -0.15) is 0 Å². The Morgan fingerprint density at radius 2 is 1.44 bits per heavy atom. The van der Waals surface area contributed by atoms with Crippen LogP contribution in [0.1, 0.15) is 22.8 Å². The van der Waals surface area contributed by atoms with Crippen molar-refractivity contribution in [3.63, 3.8) is 0 Å². The number of benzene rings is 3. The molecule has 1 N–H and O–H groups in total. The molecule has 25 heavy (non-hydrogen) atoms. The number of hydrogen-bond donors (Lipinski definition) is 1. The van der Waals surface area contributed by atoms with E-state index in [0.29, 0.717) is 5.71 Å². The lowest BCUT2D eigenvalue weighted by Crippen LogP contribution is -2.24. The monoisotopic (exact) mass is 327 g/mol. The van der Waals surface area contributed by atoms with Crippen LogP contribution >= 0.6 is 0 Å². The second-order valence-electron chi connectivity index (χ2n) is 5.86. The van der Waals surface area contributed by atoms with Crippen molar-refractivity contribution in [3.8, 4) is 5.75 Å². The van der Waals surface area contributed by atoms with E-state index in [1.54, 1.807) is 0 Å². The van der Waals surface area contributed by atoms with Crippen molar-refractivity contribution in [2.75, 3.05) is 0 Å². The SMILES string of the molecule is O/N=C1/C(=C\c2ccccc2)C(c2ccccc2)Oc2ccccc21. The topological polar surface area (TPSA) is 41.8 Å². The summed E-state index contributed by atoms with van der Waals surface area (Å²) in [7, 11) is 0. The first kappa shape index (κ1) is 15.2. The molecular formula is C22H17NO2. The smallest absolute Gasteiger partial charge is 0.151 e. The lowest BCUT2D eigenvalue weighted by atomic mass is 9.89. The molecule has 1 aliphatic heterocycles. The molecule has 0 bridgehead atoms. The van der Waals surface area contributed by atoms with Gasteiger partial charge in [-0.1, -0.05) is 78.0 Å². The van der Waals surface area contributed by atoms with Crippen LogP contribution in [0, 0.1) is 0 Å². The van der Waals surface area contributed by atoms with Crippen LogP contribution in [-0.2, 0) is 0 Å². The lowest BCUT2D eigenvalue weighted by Gasteiger charge is -2.29. The van der Waals surface area contributed by atoms with E-state index in [-0.39, 0.29) is 6.10 Å². The van der Waals surface area contributed by atoms with Crippen molar-refractivity contribution in [1.82, 2.24) is 0 Å². The van der Waals surface area contributed by atoms with Gasteiger partial charge >= 0.3 is 0 Å². The maximum Gasteiger partial charge on any atom is 0.151 e. The van der Waals surface area contributed by atoms with Gasteiger partial charge in [0.25, 0.3) is 0 Å². The molecule has 1 unspecified atom stereocenters. The number of fused-ring (bicyclic) bond motifs is 1. The van der Waals surface area contributed by atoms with E-state index in [1.807, 2.05) is 91.0 Å². The molecule has 0 saturated carbocycles. The Bertz CT molecular complexity index is 931. The molecule has 0 fully saturated rings. The van der Waals surface area contributed by atoms with Crippen molar-refractivity contribution < 1.29 is 9.94 Å². The summed E-state index contributed by atoms with van der Waals surface area (Å²) in [5.41, 5.74) is 4.21. The second-order valence-corrected chi connectivity index (χ2v) is 5.86. The number of oxime groups is 1. The maximum atomic E-state index is 9.74. The van der Waals surface area contributed by atoms with Crippen LogP contribution in [0.2, 0.25) is 0 Å². The average molecular weight is 327 g/mol. The molecule has 0 amide bonds. The summed E-state index contributed by atoms with van der Waals surface area (Å²) in [5, 5.41) is 13.4. The van der Waals surface area contributed by atoms with Crippen molar-refractivity contribution in [2.24, 2.45) is 5.16 Å². The number of rotatable bonds is 2. The Morgan fingerprint density at radius 3 is 2.16 bits per heavy atom. The number of para-hydroxylation sites is 1. The summed E-state index contributed by atoms with van der Waals surface area (Å²) in [6.07, 6.45) is 1.69. The van der Waals surface area contributed by atoms with Gasteiger partial charge in [-0.25, -0.2) is 0 Å². The Labute approximate surface area is 146 Å². The first-order valence-electron chi connectivity index (χ1n) is 8.17. The predicted molar refractivity (Wildman–Crippen MR) is 99.0 cm³/mol. The van der Waals surface area contributed by atoms with Crippen LogP contribution in [0.5, 0.6) is 5.75 Å². The van der Waals surface area contributed by atoms with E-state index in [9.17, 15) is 5.21 Å². The highest BCUT2D eigenvalue weighted by Crippen LogP contribution is 2.39. The van der Waals surface area contributed by atoms with Gasteiger partial charge < -0.3 is 9.94 Å². The van der Waals surface area contributed by atoms with Gasteiger partial charge in [0.15, 0.2) is 6.10 Å². The summed E-state index contributed by atoms with van der Waals surface area (Å²) >= 11 is 0. The highest BCUT2D eigenvalue weighted by atomic mass is 16.5. The quantitative estimate of drug-likeness (QED) is 0.526. The molecule has 1 atom stereocenters. The molecule has 0 saturated heterocycles. The molecule has 3 aromatic carbocycles. The summed E-state index contributed by atoms with van der Waals surface area (Å²) in [6.45, 7) is 0. The van der Waals surface area contributed by atoms with Gasteiger partial charge in [-0.3, -0.25) is 0 Å². The fraction of sp³-hybridized carbons (Fsp3) is 0.0455. The summed E-state index contributed by atoms with van der Waals surface area (Å²) in [4.78, 5) is 0. The molecule has 0 aliphatic carbocycles. The molecule has 3 nitrogen and oxygen atoms in total. The van der Waals surface area contributed by atoms with Gasteiger partial charge in [0.2, 0.25) is 0 Å². The van der Waals surface area contributed by atoms with Crippen LogP contribution in [0.25, 0.3) is 6.08 Å². The molecule has 3 aromatic rings. The number of nitrogens with zero attached hydrogens (tertiary/aromatic N) is 1. The van der Waals surface area contributed by atoms with Crippen LogP contribution in [0.4, 0.5) is 0 Å². The fourth-order valence-corrected chi connectivity index (χ4v) is 3.10. The first-order valence-corrected chi connectivity index (χ1v) is 8.17. The van der Waals surface area contributed by atoms with Gasteiger partial charge in [0.05, 0.1) is 0 Å². The lowest BCUT2D eigenvalue weighted by molar-refractivity contribution is 0.241. The van der Waals surface area contributed by atoms with Crippen molar-refractivity contribution in [3.05, 3.63) is 107 Å². The Balaban J connectivity index is 1.91. The molecule has 0 spiro atoms. The molecular weight excluding hydrogens is 310 g/mol. The van der Waals surface area contributed by atoms with E-state index < -0.39 is 0 Å². The Hall–Kier alpha value is -3.33. The van der Waals surface area contributed by atoms with E-state index in [4.69, 9.17) is 4.74 Å². The Kier molecular flexibility index (Phi) is 4.05. The van der Waals surface area contributed by atoms with Crippen LogP contribution in [-0.4, -0.2) is 10.9 Å². The van der Waals surface area contributed by atoms with Crippen molar-refractivity contribution >= 4 is 11.8 Å². The fourth-order valence-electron chi connectivity index (χ4n) is 3.10. The van der Waals surface area contributed by atoms with E-state index in [1.165, 1.54) is 0 Å². The minimum absolute atomic E-state index is 0.331. The molecule has 0 radical (unpaired) electrons. The zero-order valence-electron chi connectivity index (χ0n) is 13.5. The minimum atomic E-state index is -0.331. The molecule has 4 rings (SSSR count). The summed E-state index contributed by atoms with van der Waals surface area (Å²) in [6, 6.07) is 27.6. The standard InChI is InChI=1S/C22H17NO2/c24-23-21-18-13-7-8-14-20(18)25-22(17-11-5-2-6-12-17)19(21)15-16-9-3-1-4-10-16/h1-15,22,24H/b19-15+,23-21+. The third-order valence-electron chi connectivity index (χ3n) is 4.27. The number of hydrogen-bond acceptors (Lipinski definition) is 3. The maximum absolute atomic E-state index is 9.74. The molecule has 1 aliphatic rings. The van der Waals surface area contributed by atoms with Crippen LogP contribution < -0.4 is 4.74 Å². The zero-order chi connectivity index (χ0) is 17.1. The summed E-state index contributed by atoms with van der Waals surface area (Å²) in [5.74, 6) is 0.717. The summed E-state index contributed by atoms with van der Waals surface area (Å²) < 4.78 is 6.27. The first-order chi connectivity index (χ1) is 12.4. The third kappa shape index (κ3) is 2.92. The van der Waals surface area contributed by atoms with Crippen molar-refractivity contribution in [2.45, 2.75) is 6.10 Å². The number of ether oxygens (including phenoxy) is 1. The van der Waals surface area contributed by atoms with Crippen molar-refractivity contribution in [1.29, 1.82) is 0 Å². The predicted octanol–water partition coefficient (Wildman–Crippen LogP) is 5.08. The van der Waals surface area contributed by atoms with Gasteiger partial charge in [0.1, 0.15) is 11.5 Å². The molecule has 0 aromatic heterocycles. The largest absolute Gasteiger partial charge is 0.480 e. The van der Waals surface area contributed by atoms with E-state index in [0.717, 1.165) is 28.0 Å². The molecule has 3 heteroatoms. The minimum Gasteiger partial charge on any atom is -0.480 e. The van der Waals surface area contributed by atoms with Gasteiger partial charge in [-0.05, 0) is 29.3 Å². The molecule has 1 heterocycles. The van der Waals surface area contributed by atoms with E-state index in [2.05, 4.69) is 5.16 Å². The molecule has 122 valence electrons. The Morgan fingerprint density at radius 1 is 0.800 bits per heavy atom. The van der Waals surface area contributed by atoms with Crippen LogP contribution in [0.3, 0.4) is 0 Å².